The SMILES string of the molecule is COC(=O)[C@H]1C(C2CC2)N1[S+]([O-])C(C)(C)C. The summed E-state index contributed by atoms with van der Waals surface area (Å²) in [5, 5.41) is 0. The number of carbonyl (C=O) groups excluding carboxylic acids is 1. The van der Waals surface area contributed by atoms with Crippen LogP contribution < -0.4 is 0 Å². The lowest BCUT2D eigenvalue weighted by Gasteiger charge is -2.24. The lowest BCUT2D eigenvalue weighted by molar-refractivity contribution is -0.140. The van der Waals surface area contributed by atoms with Crippen molar-refractivity contribution in [1.82, 2.24) is 4.31 Å². The van der Waals surface area contributed by atoms with Gasteiger partial charge in [-0.15, -0.1) is 4.31 Å². The molecule has 4 nitrogen and oxygen atoms in total. The van der Waals surface area contributed by atoms with Crippen LogP contribution in [-0.4, -0.2) is 38.8 Å². The quantitative estimate of drug-likeness (QED) is 0.424. The fraction of sp³-hybridized carbons (Fsp3) is 0.909. The molecule has 5 heteroatoms. The van der Waals surface area contributed by atoms with Gasteiger partial charge in [0.1, 0.15) is 4.75 Å². The summed E-state index contributed by atoms with van der Waals surface area (Å²) >= 11 is -1.11. The zero-order valence-electron chi connectivity index (χ0n) is 10.2. The molecule has 16 heavy (non-hydrogen) atoms. The molecule has 0 aromatic rings. The number of hydrogen-bond acceptors (Lipinski definition) is 4. The van der Waals surface area contributed by atoms with Gasteiger partial charge in [-0.3, -0.25) is 4.79 Å². The van der Waals surface area contributed by atoms with Crippen molar-refractivity contribution in [2.24, 2.45) is 5.92 Å². The second-order valence-corrected chi connectivity index (χ2v) is 7.66. The van der Waals surface area contributed by atoms with Gasteiger partial charge in [-0.1, -0.05) is 0 Å². The molecule has 0 aromatic carbocycles. The molecular weight excluding hydrogens is 226 g/mol. The van der Waals surface area contributed by atoms with E-state index >= 15 is 0 Å². The maximum atomic E-state index is 12.2. The monoisotopic (exact) mass is 245 g/mol. The van der Waals surface area contributed by atoms with Crippen molar-refractivity contribution in [3.63, 3.8) is 0 Å². The van der Waals surface area contributed by atoms with Crippen LogP contribution in [0.25, 0.3) is 0 Å². The Bertz CT molecular complexity index is 298. The van der Waals surface area contributed by atoms with E-state index in [0.717, 1.165) is 12.8 Å². The summed E-state index contributed by atoms with van der Waals surface area (Å²) in [6.07, 6.45) is 2.30. The molecule has 2 rings (SSSR count). The van der Waals surface area contributed by atoms with Crippen LogP contribution in [0.2, 0.25) is 0 Å². The standard InChI is InChI=1S/C11H19NO3S/c1-11(2,3)16(14)12-8(7-5-6-7)9(12)10(13)15-4/h7-9H,5-6H2,1-4H3/t8?,9-,12?,16?/m1/s1. The topological polar surface area (TPSA) is 52.4 Å². The molecule has 2 fully saturated rings. The fourth-order valence-corrected chi connectivity index (χ4v) is 3.53. The van der Waals surface area contributed by atoms with Crippen LogP contribution in [0.5, 0.6) is 0 Å². The molecule has 1 aliphatic carbocycles. The molecular formula is C11H19NO3S. The lowest BCUT2D eigenvalue weighted by atomic mass is 10.2. The average molecular weight is 245 g/mol. The normalized spacial score (nSPS) is 35.7. The summed E-state index contributed by atoms with van der Waals surface area (Å²) in [5.41, 5.74) is 0. The van der Waals surface area contributed by atoms with Gasteiger partial charge in [0.25, 0.3) is 0 Å². The molecule has 1 aliphatic heterocycles. The summed E-state index contributed by atoms with van der Waals surface area (Å²) in [6, 6.07) is -0.106. The van der Waals surface area contributed by atoms with Crippen molar-refractivity contribution in [3.8, 4) is 0 Å². The maximum Gasteiger partial charge on any atom is 0.329 e. The summed E-state index contributed by atoms with van der Waals surface area (Å²) in [6.45, 7) is 5.79. The summed E-state index contributed by atoms with van der Waals surface area (Å²) in [7, 11) is 1.39. The van der Waals surface area contributed by atoms with E-state index in [1.807, 2.05) is 25.1 Å². The highest BCUT2D eigenvalue weighted by atomic mass is 32.2. The second-order valence-electron chi connectivity index (χ2n) is 5.52. The van der Waals surface area contributed by atoms with Crippen molar-refractivity contribution in [3.05, 3.63) is 0 Å². The molecule has 1 saturated carbocycles. The zero-order valence-corrected chi connectivity index (χ0v) is 11.0. The molecule has 4 atom stereocenters. The first-order valence-corrected chi connectivity index (χ1v) is 6.76. The molecule has 0 N–H and O–H groups in total. The minimum atomic E-state index is -1.11. The highest BCUT2D eigenvalue weighted by molar-refractivity contribution is 7.90. The van der Waals surface area contributed by atoms with E-state index in [1.165, 1.54) is 7.11 Å². The first-order valence-electron chi connectivity index (χ1n) is 5.66. The molecule has 1 heterocycles. The van der Waals surface area contributed by atoms with Gasteiger partial charge in [0, 0.05) is 11.4 Å². The minimum absolute atomic E-state index is 0.160. The predicted octanol–water partition coefficient (Wildman–Crippen LogP) is 1.08. The van der Waals surface area contributed by atoms with E-state index in [2.05, 4.69) is 0 Å². The largest absolute Gasteiger partial charge is 0.597 e. The number of carbonyl (C=O) groups is 1. The minimum Gasteiger partial charge on any atom is -0.597 e. The number of nitrogens with zero attached hydrogens (tertiary/aromatic N) is 1. The Labute approximate surface area is 99.6 Å². The number of esters is 1. The first-order chi connectivity index (χ1) is 7.38. The third-order valence-electron chi connectivity index (χ3n) is 3.06. The molecule has 0 radical (unpaired) electrons. The Balaban J connectivity index is 2.06. The van der Waals surface area contributed by atoms with Crippen LogP contribution in [0.3, 0.4) is 0 Å². The third-order valence-corrected chi connectivity index (χ3v) is 4.97. The van der Waals surface area contributed by atoms with Crippen molar-refractivity contribution >= 4 is 17.3 Å². The van der Waals surface area contributed by atoms with Gasteiger partial charge < -0.3 is 9.29 Å². The summed E-state index contributed by atoms with van der Waals surface area (Å²) in [4.78, 5) is 11.6. The van der Waals surface area contributed by atoms with E-state index in [-0.39, 0.29) is 22.8 Å². The Morgan fingerprint density at radius 1 is 1.44 bits per heavy atom. The number of hydrogen-bond donors (Lipinski definition) is 0. The lowest BCUT2D eigenvalue weighted by Crippen LogP contribution is -2.36. The molecule has 0 aromatic heterocycles. The van der Waals surface area contributed by atoms with E-state index in [9.17, 15) is 9.35 Å². The molecule has 0 spiro atoms. The van der Waals surface area contributed by atoms with Crippen LogP contribution in [-0.2, 0) is 20.9 Å². The molecule has 92 valence electrons. The van der Waals surface area contributed by atoms with E-state index in [0.29, 0.717) is 5.92 Å². The van der Waals surface area contributed by atoms with Crippen molar-refractivity contribution in [1.29, 1.82) is 0 Å². The Hall–Kier alpha value is -0.260. The fourth-order valence-electron chi connectivity index (χ4n) is 2.03. The van der Waals surface area contributed by atoms with Crippen molar-refractivity contribution in [2.45, 2.75) is 50.4 Å². The van der Waals surface area contributed by atoms with Gasteiger partial charge in [-0.05, 0) is 39.5 Å². The Morgan fingerprint density at radius 2 is 2.00 bits per heavy atom. The third kappa shape index (κ3) is 2.08. The number of methoxy groups -OCH3 is 1. The Morgan fingerprint density at radius 3 is 2.38 bits per heavy atom. The van der Waals surface area contributed by atoms with Crippen LogP contribution in [0.15, 0.2) is 0 Å². The predicted molar refractivity (Wildman–Crippen MR) is 62.1 cm³/mol. The van der Waals surface area contributed by atoms with Gasteiger partial charge in [-0.25, -0.2) is 0 Å². The molecule has 0 amide bonds. The number of ether oxygens (including phenoxy) is 1. The molecule has 3 unspecified atom stereocenters. The molecule has 1 saturated heterocycles. The molecule has 0 bridgehead atoms. The van der Waals surface area contributed by atoms with Crippen LogP contribution in [0.4, 0.5) is 0 Å². The highest BCUT2D eigenvalue weighted by Crippen LogP contribution is 2.50. The van der Waals surface area contributed by atoms with Gasteiger partial charge in [0.15, 0.2) is 6.04 Å². The van der Waals surface area contributed by atoms with Gasteiger partial charge in [-0.2, -0.15) is 0 Å². The highest BCUT2D eigenvalue weighted by Gasteiger charge is 2.67. The van der Waals surface area contributed by atoms with Crippen molar-refractivity contribution < 1.29 is 14.1 Å². The zero-order chi connectivity index (χ0) is 12.1. The van der Waals surface area contributed by atoms with Crippen LogP contribution in [0, 0.1) is 5.92 Å². The van der Waals surface area contributed by atoms with E-state index < -0.39 is 11.4 Å². The maximum absolute atomic E-state index is 12.2. The smallest absolute Gasteiger partial charge is 0.329 e. The van der Waals surface area contributed by atoms with Gasteiger partial charge in [0.05, 0.1) is 13.2 Å². The summed E-state index contributed by atoms with van der Waals surface area (Å²) < 4.78 is 18.5. The second kappa shape index (κ2) is 3.89. The van der Waals surface area contributed by atoms with Crippen molar-refractivity contribution in [2.75, 3.05) is 7.11 Å². The number of rotatable bonds is 3. The van der Waals surface area contributed by atoms with E-state index in [1.54, 1.807) is 0 Å². The van der Waals surface area contributed by atoms with Gasteiger partial charge >= 0.3 is 5.97 Å². The summed E-state index contributed by atoms with van der Waals surface area (Å²) in [5.74, 6) is 0.310. The van der Waals surface area contributed by atoms with Crippen LogP contribution >= 0.6 is 0 Å². The van der Waals surface area contributed by atoms with Crippen LogP contribution in [0.1, 0.15) is 33.6 Å². The average Bonchev–Trinajstić information content (AvgIpc) is 3.03. The van der Waals surface area contributed by atoms with E-state index in [4.69, 9.17) is 4.74 Å². The van der Waals surface area contributed by atoms with Gasteiger partial charge in [0.2, 0.25) is 0 Å². The first kappa shape index (κ1) is 12.2. The molecule has 2 aliphatic rings. The Kier molecular flexibility index (Phi) is 2.97.